The summed E-state index contributed by atoms with van der Waals surface area (Å²) in [6, 6.07) is 0. The molecule has 0 spiro atoms. The zero-order valence-electron chi connectivity index (χ0n) is 10.9. The molecule has 0 aliphatic carbocycles. The maximum atomic E-state index is 11.6. The van der Waals surface area contributed by atoms with Crippen LogP contribution in [0.25, 0.3) is 6.08 Å². The van der Waals surface area contributed by atoms with E-state index < -0.39 is 5.97 Å². The lowest BCUT2D eigenvalue weighted by molar-refractivity contribution is 0.0592. The molecule has 1 aromatic rings. The molecule has 0 aromatic carbocycles. The Balaban J connectivity index is 3.21. The first-order chi connectivity index (χ1) is 7.90. The molecule has 0 radical (unpaired) electrons. The topological polar surface area (TPSA) is 53.4 Å². The van der Waals surface area contributed by atoms with Crippen LogP contribution in [0.15, 0.2) is 12.5 Å². The van der Waals surface area contributed by atoms with E-state index in [2.05, 4.69) is 5.10 Å². The number of methoxy groups -OCH3 is 2. The van der Waals surface area contributed by atoms with Crippen molar-refractivity contribution >= 4 is 12.0 Å². The molecule has 94 valence electrons. The third-order valence-electron chi connectivity index (χ3n) is 2.19. The van der Waals surface area contributed by atoms with E-state index in [0.717, 1.165) is 0 Å². The van der Waals surface area contributed by atoms with E-state index in [1.54, 1.807) is 24.1 Å². The predicted octanol–water partition coefficient (Wildman–Crippen LogP) is 2.04. The number of rotatable bonds is 3. The summed E-state index contributed by atoms with van der Waals surface area (Å²) >= 11 is 0. The molecule has 0 amide bonds. The second kappa shape index (κ2) is 5.03. The van der Waals surface area contributed by atoms with Gasteiger partial charge in [0.2, 0.25) is 0 Å². The van der Waals surface area contributed by atoms with Crippen LogP contribution in [0.4, 0.5) is 0 Å². The summed E-state index contributed by atoms with van der Waals surface area (Å²) in [4.78, 5) is 11.6. The van der Waals surface area contributed by atoms with Crippen molar-refractivity contribution in [2.24, 2.45) is 0 Å². The first-order valence-electron chi connectivity index (χ1n) is 5.28. The van der Waals surface area contributed by atoms with E-state index in [9.17, 15) is 4.79 Å². The van der Waals surface area contributed by atoms with Crippen LogP contribution in [-0.2, 0) is 15.0 Å². The average molecular weight is 238 g/mol. The van der Waals surface area contributed by atoms with Gasteiger partial charge in [-0.1, -0.05) is 0 Å². The summed E-state index contributed by atoms with van der Waals surface area (Å²) < 4.78 is 11.3. The normalized spacial score (nSPS) is 11.8. The highest BCUT2D eigenvalue weighted by Gasteiger charge is 2.21. The van der Waals surface area contributed by atoms with E-state index in [1.165, 1.54) is 13.4 Å². The van der Waals surface area contributed by atoms with Crippen LogP contribution in [0.1, 0.15) is 36.8 Å². The van der Waals surface area contributed by atoms with Crippen molar-refractivity contribution in [3.8, 4) is 0 Å². The number of aromatic nitrogens is 2. The molecule has 1 aromatic heterocycles. The van der Waals surface area contributed by atoms with Gasteiger partial charge in [0.05, 0.1) is 26.0 Å². The van der Waals surface area contributed by atoms with Gasteiger partial charge in [-0.2, -0.15) is 5.10 Å². The Labute approximate surface area is 101 Å². The third-order valence-corrected chi connectivity index (χ3v) is 2.19. The van der Waals surface area contributed by atoms with Gasteiger partial charge in [-0.25, -0.2) is 4.79 Å². The minimum atomic E-state index is -0.455. The van der Waals surface area contributed by atoms with Crippen LogP contribution in [0.3, 0.4) is 0 Å². The molecule has 0 saturated heterocycles. The van der Waals surface area contributed by atoms with Gasteiger partial charge >= 0.3 is 5.97 Å². The van der Waals surface area contributed by atoms with Crippen molar-refractivity contribution in [3.05, 3.63) is 23.7 Å². The molecular formula is C12H18N2O3. The first-order valence-corrected chi connectivity index (χ1v) is 5.28. The zero-order valence-corrected chi connectivity index (χ0v) is 10.9. The molecule has 0 saturated carbocycles. The second-order valence-corrected chi connectivity index (χ2v) is 4.58. The number of ether oxygens (including phenoxy) is 2. The van der Waals surface area contributed by atoms with Crippen molar-refractivity contribution in [2.45, 2.75) is 26.3 Å². The summed E-state index contributed by atoms with van der Waals surface area (Å²) in [6.45, 7) is 6.01. The van der Waals surface area contributed by atoms with Gasteiger partial charge in [0.1, 0.15) is 0 Å². The number of carbonyl (C=O) groups is 1. The monoisotopic (exact) mass is 238 g/mol. The Kier molecular flexibility index (Phi) is 3.93. The van der Waals surface area contributed by atoms with Gasteiger partial charge in [-0.05, 0) is 26.8 Å². The van der Waals surface area contributed by atoms with Gasteiger partial charge in [-0.15, -0.1) is 0 Å². The fourth-order valence-corrected chi connectivity index (χ4v) is 1.25. The summed E-state index contributed by atoms with van der Waals surface area (Å²) in [5.74, 6) is -0.455. The lowest BCUT2D eigenvalue weighted by atomic mass is 10.1. The Morgan fingerprint density at radius 3 is 2.53 bits per heavy atom. The highest BCUT2D eigenvalue weighted by atomic mass is 16.5. The molecule has 0 unspecified atom stereocenters. The number of hydrogen-bond donors (Lipinski definition) is 0. The van der Waals surface area contributed by atoms with Gasteiger partial charge in [0.25, 0.3) is 0 Å². The molecule has 0 N–H and O–H groups in total. The predicted molar refractivity (Wildman–Crippen MR) is 64.6 cm³/mol. The summed E-state index contributed by atoms with van der Waals surface area (Å²) in [5.41, 5.74) is 0.770. The Hall–Kier alpha value is -1.78. The lowest BCUT2D eigenvalue weighted by Crippen LogP contribution is -2.22. The molecule has 0 atom stereocenters. The van der Waals surface area contributed by atoms with Crippen molar-refractivity contribution in [1.82, 2.24) is 9.78 Å². The van der Waals surface area contributed by atoms with E-state index in [-0.39, 0.29) is 11.2 Å². The van der Waals surface area contributed by atoms with Crippen molar-refractivity contribution in [2.75, 3.05) is 14.2 Å². The zero-order chi connectivity index (χ0) is 13.1. The van der Waals surface area contributed by atoms with Crippen LogP contribution in [0.5, 0.6) is 0 Å². The lowest BCUT2D eigenvalue weighted by Gasteiger charge is -2.18. The smallest absolute Gasteiger partial charge is 0.359 e. The number of hydrogen-bond acceptors (Lipinski definition) is 4. The van der Waals surface area contributed by atoms with Crippen LogP contribution in [0, 0.1) is 0 Å². The quantitative estimate of drug-likeness (QED) is 0.597. The summed E-state index contributed by atoms with van der Waals surface area (Å²) in [6.07, 6.45) is 4.97. The molecule has 1 heterocycles. The molecule has 0 aliphatic heterocycles. The van der Waals surface area contributed by atoms with Crippen LogP contribution >= 0.6 is 0 Å². The van der Waals surface area contributed by atoms with E-state index in [1.807, 2.05) is 20.8 Å². The van der Waals surface area contributed by atoms with Crippen LogP contribution in [-0.4, -0.2) is 30.0 Å². The Morgan fingerprint density at radius 2 is 2.06 bits per heavy atom. The number of carbonyl (C=O) groups excluding carboxylic acids is 1. The Bertz CT molecular complexity index is 427. The van der Waals surface area contributed by atoms with E-state index >= 15 is 0 Å². The van der Waals surface area contributed by atoms with Crippen molar-refractivity contribution < 1.29 is 14.3 Å². The van der Waals surface area contributed by atoms with Gasteiger partial charge < -0.3 is 9.47 Å². The maximum Gasteiger partial charge on any atom is 0.359 e. The minimum Gasteiger partial charge on any atom is -0.504 e. The van der Waals surface area contributed by atoms with Crippen LogP contribution in [0.2, 0.25) is 0 Å². The van der Waals surface area contributed by atoms with E-state index in [4.69, 9.17) is 9.47 Å². The fourth-order valence-electron chi connectivity index (χ4n) is 1.25. The summed E-state index contributed by atoms with van der Waals surface area (Å²) in [5, 5.41) is 4.24. The summed E-state index contributed by atoms with van der Waals surface area (Å²) in [7, 11) is 2.88. The van der Waals surface area contributed by atoms with Gasteiger partial charge in [-0.3, -0.25) is 4.68 Å². The maximum absolute atomic E-state index is 11.6. The van der Waals surface area contributed by atoms with Crippen LogP contribution < -0.4 is 0 Å². The van der Waals surface area contributed by atoms with Crippen molar-refractivity contribution in [1.29, 1.82) is 0 Å². The molecule has 1 rings (SSSR count). The van der Waals surface area contributed by atoms with Crippen molar-refractivity contribution in [3.63, 3.8) is 0 Å². The van der Waals surface area contributed by atoms with Gasteiger partial charge in [0.15, 0.2) is 5.69 Å². The second-order valence-electron chi connectivity index (χ2n) is 4.58. The largest absolute Gasteiger partial charge is 0.504 e. The molecule has 5 nitrogen and oxygen atoms in total. The standard InChI is InChI=1S/C12H18N2O3/c1-12(2,3)14-8-9(6-7-16-4)10(13-14)11(15)17-5/h6-8H,1-5H3/b7-6+. The molecule has 5 heteroatoms. The molecule has 17 heavy (non-hydrogen) atoms. The fraction of sp³-hybridized carbons (Fsp3) is 0.500. The average Bonchev–Trinajstić information content (AvgIpc) is 2.68. The minimum absolute atomic E-state index is 0.193. The Morgan fingerprint density at radius 1 is 1.41 bits per heavy atom. The number of esters is 1. The molecular weight excluding hydrogens is 220 g/mol. The molecule has 0 aliphatic rings. The highest BCUT2D eigenvalue weighted by Crippen LogP contribution is 2.18. The SMILES string of the molecule is CO/C=C/c1cn(C(C)(C)C)nc1C(=O)OC. The van der Waals surface area contributed by atoms with E-state index in [0.29, 0.717) is 5.56 Å². The number of nitrogens with zero attached hydrogens (tertiary/aromatic N) is 2. The third kappa shape index (κ3) is 3.09. The molecule has 0 fully saturated rings. The first kappa shape index (κ1) is 13.3. The molecule has 0 bridgehead atoms. The van der Waals surface area contributed by atoms with Gasteiger partial charge in [0, 0.05) is 11.8 Å². The highest BCUT2D eigenvalue weighted by molar-refractivity contribution is 5.91.